The molecule has 4 heterocycles. The standard InChI is InChI=1S/C23H27F3N6O5/c1-12-7-17-20(30-19(12)21(35)28-13(2)23(24,25)26)32(14-4-6-31(17)9-14)22(36)29-18-8-16(3-5-27-18)37-11-15(34)10-33/h3,5,7-8,13-15,33-34H,4,6,9-11H2,1-2H3,(H,28,35)(H,27,29,36)/t13-,14?,15-/m1/s1. The number of anilines is 3. The third kappa shape index (κ3) is 5.69. The van der Waals surface area contributed by atoms with Crippen molar-refractivity contribution < 1.29 is 37.7 Å². The molecule has 14 heteroatoms. The molecule has 0 saturated carbocycles. The zero-order valence-corrected chi connectivity index (χ0v) is 20.1. The van der Waals surface area contributed by atoms with Crippen molar-refractivity contribution in [2.75, 3.05) is 41.4 Å². The Kier molecular flexibility index (Phi) is 7.41. The van der Waals surface area contributed by atoms with E-state index < -0.39 is 36.9 Å². The van der Waals surface area contributed by atoms with E-state index in [9.17, 15) is 27.9 Å². The first-order valence-electron chi connectivity index (χ1n) is 11.6. The number of rotatable bonds is 7. The van der Waals surface area contributed by atoms with Crippen LogP contribution in [0.1, 0.15) is 29.4 Å². The van der Waals surface area contributed by atoms with Crippen molar-refractivity contribution >= 4 is 29.3 Å². The van der Waals surface area contributed by atoms with E-state index in [-0.39, 0.29) is 30.0 Å². The van der Waals surface area contributed by atoms with Crippen LogP contribution in [0.2, 0.25) is 0 Å². The van der Waals surface area contributed by atoms with Crippen molar-refractivity contribution in [2.24, 2.45) is 0 Å². The summed E-state index contributed by atoms with van der Waals surface area (Å²) in [6.45, 7) is 2.97. The molecular formula is C23H27F3N6O5. The third-order valence-electron chi connectivity index (χ3n) is 6.16. The highest BCUT2D eigenvalue weighted by Gasteiger charge is 2.42. The molecule has 2 bridgehead atoms. The molecule has 3 atom stereocenters. The van der Waals surface area contributed by atoms with Gasteiger partial charge in [-0.2, -0.15) is 13.2 Å². The summed E-state index contributed by atoms with van der Waals surface area (Å²) in [4.78, 5) is 37.9. The maximum atomic E-state index is 13.4. The number of halogens is 3. The Labute approximate surface area is 210 Å². The number of alkyl halides is 3. The van der Waals surface area contributed by atoms with Gasteiger partial charge in [0.2, 0.25) is 0 Å². The topological polar surface area (TPSA) is 140 Å². The van der Waals surface area contributed by atoms with E-state index in [4.69, 9.17) is 9.84 Å². The minimum atomic E-state index is -4.62. The van der Waals surface area contributed by atoms with Crippen LogP contribution in [0.4, 0.5) is 35.3 Å². The van der Waals surface area contributed by atoms with Crippen LogP contribution in [0.3, 0.4) is 0 Å². The van der Waals surface area contributed by atoms with Gasteiger partial charge in [0, 0.05) is 25.4 Å². The molecule has 0 aliphatic carbocycles. The number of carbonyl (C=O) groups excluding carboxylic acids is 2. The lowest BCUT2D eigenvalue weighted by Gasteiger charge is -2.36. The number of pyridine rings is 2. The molecule has 1 saturated heterocycles. The van der Waals surface area contributed by atoms with Crippen molar-refractivity contribution in [3.05, 3.63) is 35.7 Å². The highest BCUT2D eigenvalue weighted by atomic mass is 19.4. The molecule has 3 amide bonds. The average Bonchev–Trinajstić information content (AvgIpc) is 3.26. The van der Waals surface area contributed by atoms with E-state index in [0.717, 1.165) is 6.92 Å². The Morgan fingerprint density at radius 1 is 1.32 bits per heavy atom. The molecule has 0 aromatic carbocycles. The van der Waals surface area contributed by atoms with Crippen molar-refractivity contribution in [2.45, 2.75) is 44.6 Å². The lowest BCUT2D eigenvalue weighted by molar-refractivity contribution is -0.149. The van der Waals surface area contributed by atoms with E-state index in [0.29, 0.717) is 36.5 Å². The fourth-order valence-corrected chi connectivity index (χ4v) is 4.17. The molecule has 4 N–H and O–H groups in total. The van der Waals surface area contributed by atoms with Crippen molar-refractivity contribution in [1.82, 2.24) is 15.3 Å². The third-order valence-corrected chi connectivity index (χ3v) is 6.16. The van der Waals surface area contributed by atoms with Gasteiger partial charge in [-0.05, 0) is 38.0 Å². The molecular weight excluding hydrogens is 497 g/mol. The van der Waals surface area contributed by atoms with Crippen molar-refractivity contribution in [1.29, 1.82) is 0 Å². The number of hydrogen-bond acceptors (Lipinski definition) is 8. The molecule has 37 heavy (non-hydrogen) atoms. The lowest BCUT2D eigenvalue weighted by atomic mass is 10.1. The summed E-state index contributed by atoms with van der Waals surface area (Å²) in [6.07, 6.45) is -3.66. The molecule has 0 spiro atoms. The number of aliphatic hydroxyl groups excluding tert-OH is 2. The van der Waals surface area contributed by atoms with Crippen LogP contribution in [-0.2, 0) is 0 Å². The summed E-state index contributed by atoms with van der Waals surface area (Å²) in [5.41, 5.74) is 0.781. The molecule has 200 valence electrons. The Hall–Kier alpha value is -3.65. The number of urea groups is 1. The number of nitrogens with zero attached hydrogens (tertiary/aromatic N) is 4. The van der Waals surface area contributed by atoms with Gasteiger partial charge >= 0.3 is 12.2 Å². The van der Waals surface area contributed by atoms with Crippen LogP contribution in [0.15, 0.2) is 24.4 Å². The van der Waals surface area contributed by atoms with Crippen LogP contribution in [0.25, 0.3) is 0 Å². The van der Waals surface area contributed by atoms with E-state index >= 15 is 0 Å². The summed E-state index contributed by atoms with van der Waals surface area (Å²) < 4.78 is 44.3. The van der Waals surface area contributed by atoms with Crippen LogP contribution in [0, 0.1) is 6.92 Å². The predicted molar refractivity (Wildman–Crippen MR) is 127 cm³/mol. The number of ether oxygens (including phenoxy) is 1. The maximum absolute atomic E-state index is 13.4. The number of aryl methyl sites for hydroxylation is 1. The number of aromatic nitrogens is 2. The van der Waals surface area contributed by atoms with Gasteiger partial charge < -0.3 is 25.2 Å². The minimum absolute atomic E-state index is 0.145. The zero-order chi connectivity index (χ0) is 26.9. The number of hydrogen-bond donors (Lipinski definition) is 4. The summed E-state index contributed by atoms with van der Waals surface area (Å²) in [7, 11) is 0. The van der Waals surface area contributed by atoms with Crippen molar-refractivity contribution in [3.63, 3.8) is 0 Å². The highest BCUT2D eigenvalue weighted by Crippen LogP contribution is 2.40. The van der Waals surface area contributed by atoms with Gasteiger partial charge in [-0.1, -0.05) is 0 Å². The summed E-state index contributed by atoms with van der Waals surface area (Å²) in [5, 5.41) is 23.0. The monoisotopic (exact) mass is 524 g/mol. The first-order valence-corrected chi connectivity index (χ1v) is 11.6. The number of amides is 3. The Balaban J connectivity index is 1.59. The Bertz CT molecular complexity index is 1180. The molecule has 1 unspecified atom stereocenters. The summed E-state index contributed by atoms with van der Waals surface area (Å²) in [5.74, 6) is -0.377. The van der Waals surface area contributed by atoms with E-state index in [1.807, 2.05) is 10.2 Å². The predicted octanol–water partition coefficient (Wildman–Crippen LogP) is 1.83. The molecule has 11 nitrogen and oxygen atoms in total. The second-order valence-corrected chi connectivity index (χ2v) is 8.95. The molecule has 1 fully saturated rings. The largest absolute Gasteiger partial charge is 0.491 e. The van der Waals surface area contributed by atoms with Crippen LogP contribution in [0.5, 0.6) is 5.75 Å². The normalized spacial score (nSPS) is 18.2. The molecule has 0 radical (unpaired) electrons. The molecule has 2 aromatic rings. The van der Waals surface area contributed by atoms with Gasteiger partial charge in [-0.25, -0.2) is 14.8 Å². The number of aliphatic hydroxyl groups is 2. The van der Waals surface area contributed by atoms with E-state index in [1.54, 1.807) is 13.0 Å². The minimum Gasteiger partial charge on any atom is -0.491 e. The van der Waals surface area contributed by atoms with Crippen LogP contribution >= 0.6 is 0 Å². The second-order valence-electron chi connectivity index (χ2n) is 8.95. The highest BCUT2D eigenvalue weighted by molar-refractivity contribution is 6.05. The summed E-state index contributed by atoms with van der Waals surface area (Å²) >= 11 is 0. The molecule has 4 rings (SSSR count). The van der Waals surface area contributed by atoms with Gasteiger partial charge in [0.05, 0.1) is 18.3 Å². The van der Waals surface area contributed by atoms with Gasteiger partial charge in [0.1, 0.15) is 36.0 Å². The maximum Gasteiger partial charge on any atom is 0.408 e. The number of carbonyl (C=O) groups is 2. The Morgan fingerprint density at radius 3 is 2.78 bits per heavy atom. The molecule has 2 aliphatic heterocycles. The quantitative estimate of drug-likeness (QED) is 0.430. The second kappa shape index (κ2) is 10.4. The molecule has 2 aliphatic rings. The Morgan fingerprint density at radius 2 is 2.08 bits per heavy atom. The average molecular weight is 525 g/mol. The SMILES string of the molecule is Cc1cc2c(nc1C(=O)N[C@H](C)C(F)(F)F)N(C(=O)Nc1cc(OC[C@H](O)CO)ccn1)C1CCN2C1. The number of fused-ring (bicyclic) bond motifs is 4. The van der Waals surface area contributed by atoms with Gasteiger partial charge in [-0.15, -0.1) is 0 Å². The lowest BCUT2D eigenvalue weighted by Crippen LogP contribution is -2.49. The van der Waals surface area contributed by atoms with Gasteiger partial charge in [0.15, 0.2) is 5.82 Å². The van der Waals surface area contributed by atoms with Gasteiger partial charge in [-0.3, -0.25) is 15.0 Å². The smallest absolute Gasteiger partial charge is 0.408 e. The summed E-state index contributed by atoms with van der Waals surface area (Å²) in [6, 6.07) is 1.67. The first kappa shape index (κ1) is 26.4. The van der Waals surface area contributed by atoms with Gasteiger partial charge in [0.25, 0.3) is 5.91 Å². The fraction of sp³-hybridized carbons (Fsp3) is 0.478. The van der Waals surface area contributed by atoms with Crippen LogP contribution < -0.4 is 25.2 Å². The van der Waals surface area contributed by atoms with E-state index in [1.165, 1.54) is 23.2 Å². The first-order chi connectivity index (χ1) is 17.5. The van der Waals surface area contributed by atoms with E-state index in [2.05, 4.69) is 15.3 Å². The van der Waals surface area contributed by atoms with Crippen molar-refractivity contribution in [3.8, 4) is 5.75 Å². The number of nitrogens with one attached hydrogen (secondary N) is 2. The van der Waals surface area contributed by atoms with Crippen LogP contribution in [-0.4, -0.2) is 82.8 Å². The molecule has 2 aromatic heterocycles. The zero-order valence-electron chi connectivity index (χ0n) is 20.1. The fourth-order valence-electron chi connectivity index (χ4n) is 4.17.